The first-order valence-corrected chi connectivity index (χ1v) is 7.61. The third-order valence-corrected chi connectivity index (χ3v) is 4.90. The molecule has 0 saturated carbocycles. The van der Waals surface area contributed by atoms with E-state index in [4.69, 9.17) is 0 Å². The number of rotatable bonds is 3. The van der Waals surface area contributed by atoms with Crippen LogP contribution in [0.2, 0.25) is 0 Å². The van der Waals surface area contributed by atoms with Crippen LogP contribution >= 0.6 is 16.5 Å². The van der Waals surface area contributed by atoms with Gasteiger partial charge in [-0.15, -0.1) is 0 Å². The van der Waals surface area contributed by atoms with Crippen LogP contribution in [0.5, 0.6) is 0 Å². The lowest BCUT2D eigenvalue weighted by Crippen LogP contribution is -2.37. The van der Waals surface area contributed by atoms with Crippen LogP contribution in [0.1, 0.15) is 19.3 Å². The Morgan fingerprint density at radius 3 is 2.31 bits per heavy atom. The van der Waals surface area contributed by atoms with Gasteiger partial charge in [0.15, 0.2) is 0 Å². The second kappa shape index (κ2) is 5.27. The Balaban J connectivity index is 1.86. The standard InChI is InChI=1S/C7H15NO6P2/c9-7(3-6-8-4-1-2-5-8)12-15(10)14-16(11)13-7/h9,15-16H,1-6H2. The van der Waals surface area contributed by atoms with Gasteiger partial charge in [0.2, 0.25) is 0 Å². The van der Waals surface area contributed by atoms with Crippen molar-refractivity contribution in [2.45, 2.75) is 25.2 Å². The molecule has 2 atom stereocenters. The quantitative estimate of drug-likeness (QED) is 0.765. The number of hydrogen-bond acceptors (Lipinski definition) is 7. The van der Waals surface area contributed by atoms with E-state index in [0.717, 1.165) is 25.9 Å². The van der Waals surface area contributed by atoms with Crippen LogP contribution in [0.3, 0.4) is 0 Å². The van der Waals surface area contributed by atoms with Crippen LogP contribution in [0.4, 0.5) is 0 Å². The third kappa shape index (κ3) is 3.37. The van der Waals surface area contributed by atoms with E-state index in [1.54, 1.807) is 0 Å². The van der Waals surface area contributed by atoms with Gasteiger partial charge in [0.1, 0.15) is 0 Å². The van der Waals surface area contributed by atoms with Crippen LogP contribution in [0.15, 0.2) is 0 Å². The van der Waals surface area contributed by atoms with Gasteiger partial charge in [-0.2, -0.15) is 0 Å². The maximum Gasteiger partial charge on any atom is 0.330 e. The van der Waals surface area contributed by atoms with Gasteiger partial charge in [0, 0.05) is 13.0 Å². The molecule has 9 heteroatoms. The van der Waals surface area contributed by atoms with Gasteiger partial charge in [-0.25, -0.2) is 4.31 Å². The molecule has 0 spiro atoms. The number of likely N-dealkylation sites (tertiary alicyclic amines) is 1. The van der Waals surface area contributed by atoms with Crippen LogP contribution < -0.4 is 0 Å². The smallest absolute Gasteiger partial charge is 0.330 e. The van der Waals surface area contributed by atoms with E-state index in [2.05, 4.69) is 18.3 Å². The summed E-state index contributed by atoms with van der Waals surface area (Å²) < 4.78 is 35.6. The van der Waals surface area contributed by atoms with Gasteiger partial charge in [0.25, 0.3) is 5.97 Å². The summed E-state index contributed by atoms with van der Waals surface area (Å²) in [6.45, 7) is 2.49. The molecule has 2 unspecified atom stereocenters. The molecule has 2 saturated heterocycles. The van der Waals surface area contributed by atoms with E-state index in [0.29, 0.717) is 6.54 Å². The van der Waals surface area contributed by atoms with E-state index in [1.165, 1.54) is 0 Å². The van der Waals surface area contributed by atoms with Crippen LogP contribution in [0, 0.1) is 0 Å². The minimum Gasteiger partial charge on any atom is -0.343 e. The van der Waals surface area contributed by atoms with Crippen molar-refractivity contribution in [2.24, 2.45) is 0 Å². The SMILES string of the molecule is O=[PH]1O[PH](=O)OC(O)(CCN2CCCC2)O1. The fourth-order valence-corrected chi connectivity index (χ4v) is 3.57. The molecule has 2 rings (SSSR count). The minimum atomic E-state index is -2.90. The van der Waals surface area contributed by atoms with Gasteiger partial charge in [-0.3, -0.25) is 18.2 Å². The molecule has 0 aromatic carbocycles. The van der Waals surface area contributed by atoms with Crippen molar-refractivity contribution in [2.75, 3.05) is 19.6 Å². The largest absolute Gasteiger partial charge is 0.343 e. The highest BCUT2D eigenvalue weighted by molar-refractivity contribution is 7.48. The Morgan fingerprint density at radius 2 is 1.75 bits per heavy atom. The first-order chi connectivity index (χ1) is 7.57. The highest BCUT2D eigenvalue weighted by Crippen LogP contribution is 2.51. The Kier molecular flexibility index (Phi) is 4.19. The zero-order valence-electron chi connectivity index (χ0n) is 8.68. The number of nitrogens with zero attached hydrogens (tertiary/aromatic N) is 1. The summed E-state index contributed by atoms with van der Waals surface area (Å²) in [5.74, 6) is -2.02. The molecule has 1 N–H and O–H groups in total. The van der Waals surface area contributed by atoms with Crippen molar-refractivity contribution in [3.8, 4) is 0 Å². The highest BCUT2D eigenvalue weighted by Gasteiger charge is 2.39. The zero-order chi connectivity index (χ0) is 11.6. The first kappa shape index (κ1) is 12.7. The molecule has 2 heterocycles. The molecule has 0 aromatic rings. The first-order valence-electron chi connectivity index (χ1n) is 5.16. The monoisotopic (exact) mass is 271 g/mol. The Morgan fingerprint density at radius 1 is 1.19 bits per heavy atom. The third-order valence-electron chi connectivity index (χ3n) is 2.59. The van der Waals surface area contributed by atoms with Crippen molar-refractivity contribution in [3.63, 3.8) is 0 Å². The predicted molar refractivity (Wildman–Crippen MR) is 56.5 cm³/mol. The fraction of sp³-hybridized carbons (Fsp3) is 1.00. The molecule has 16 heavy (non-hydrogen) atoms. The predicted octanol–water partition coefficient (Wildman–Crippen LogP) is 0.961. The van der Waals surface area contributed by atoms with Gasteiger partial charge in [0.05, 0.1) is 0 Å². The lowest BCUT2D eigenvalue weighted by Gasteiger charge is -2.31. The van der Waals surface area contributed by atoms with Gasteiger partial charge < -0.3 is 10.0 Å². The molecule has 7 nitrogen and oxygen atoms in total. The second-order valence-corrected chi connectivity index (χ2v) is 6.04. The van der Waals surface area contributed by atoms with Crippen molar-refractivity contribution in [3.05, 3.63) is 0 Å². The molecule has 2 aliphatic rings. The maximum atomic E-state index is 11.0. The zero-order valence-corrected chi connectivity index (χ0v) is 10.7. The molecule has 2 fully saturated rings. The van der Waals surface area contributed by atoms with Crippen LogP contribution in [-0.4, -0.2) is 35.6 Å². The molecule has 0 amide bonds. The van der Waals surface area contributed by atoms with E-state index < -0.39 is 22.5 Å². The molecule has 0 radical (unpaired) electrons. The lowest BCUT2D eigenvalue weighted by molar-refractivity contribution is -0.285. The van der Waals surface area contributed by atoms with E-state index in [-0.39, 0.29) is 6.42 Å². The van der Waals surface area contributed by atoms with Crippen LogP contribution in [-0.2, 0) is 22.5 Å². The Hall–Kier alpha value is 0.260. The highest BCUT2D eigenvalue weighted by atomic mass is 31.2. The Labute approximate surface area is 94.6 Å². The van der Waals surface area contributed by atoms with Crippen molar-refractivity contribution in [1.82, 2.24) is 4.90 Å². The molecular formula is C7H15NO6P2. The van der Waals surface area contributed by atoms with E-state index in [1.807, 2.05) is 0 Å². The summed E-state index contributed by atoms with van der Waals surface area (Å²) in [5, 5.41) is 9.77. The van der Waals surface area contributed by atoms with Gasteiger partial charge in [-0.1, -0.05) is 0 Å². The number of hydrogen-bond donors (Lipinski definition) is 1. The minimum absolute atomic E-state index is 0.114. The fourth-order valence-electron chi connectivity index (χ4n) is 1.80. The molecular weight excluding hydrogens is 256 g/mol. The van der Waals surface area contributed by atoms with Crippen LogP contribution in [0.25, 0.3) is 0 Å². The second-order valence-electron chi connectivity index (χ2n) is 3.82. The van der Waals surface area contributed by atoms with Crippen molar-refractivity contribution < 1.29 is 27.6 Å². The summed E-state index contributed by atoms with van der Waals surface area (Å²) in [7, 11) is -5.81. The maximum absolute atomic E-state index is 11.0. The summed E-state index contributed by atoms with van der Waals surface area (Å²) in [6, 6.07) is 0. The molecule has 0 bridgehead atoms. The lowest BCUT2D eigenvalue weighted by atomic mass is 10.3. The Bertz CT molecular complexity index is 289. The summed E-state index contributed by atoms with van der Waals surface area (Å²) in [6.07, 6.45) is 2.38. The van der Waals surface area contributed by atoms with Gasteiger partial charge >= 0.3 is 16.5 Å². The molecule has 0 aliphatic carbocycles. The normalized spacial score (nSPS) is 41.3. The van der Waals surface area contributed by atoms with E-state index >= 15 is 0 Å². The average Bonchev–Trinajstić information content (AvgIpc) is 2.64. The summed E-state index contributed by atoms with van der Waals surface area (Å²) in [4.78, 5) is 2.13. The molecule has 94 valence electrons. The van der Waals surface area contributed by atoms with Crippen molar-refractivity contribution in [1.29, 1.82) is 0 Å². The van der Waals surface area contributed by atoms with E-state index in [9.17, 15) is 14.2 Å². The average molecular weight is 271 g/mol. The summed E-state index contributed by atoms with van der Waals surface area (Å²) in [5.41, 5.74) is 0. The topological polar surface area (TPSA) is 85.3 Å². The molecule has 2 aliphatic heterocycles. The summed E-state index contributed by atoms with van der Waals surface area (Å²) >= 11 is 0. The van der Waals surface area contributed by atoms with Gasteiger partial charge in [-0.05, 0) is 25.9 Å². The van der Waals surface area contributed by atoms with Crippen molar-refractivity contribution >= 4 is 16.5 Å². The molecule has 0 aromatic heterocycles. The number of aliphatic hydroxyl groups is 1.